The summed E-state index contributed by atoms with van der Waals surface area (Å²) in [5.41, 5.74) is 7.49. The van der Waals surface area contributed by atoms with Gasteiger partial charge in [-0.25, -0.2) is 4.98 Å². The number of nitrogens with two attached hydrogens (primary N) is 1. The molecule has 0 aliphatic carbocycles. The molecule has 1 aliphatic rings. The maximum absolute atomic E-state index is 12.6. The molecule has 0 bridgehead atoms. The molecule has 112 valence electrons. The van der Waals surface area contributed by atoms with Gasteiger partial charge >= 0.3 is 0 Å². The molecule has 0 radical (unpaired) electrons. The summed E-state index contributed by atoms with van der Waals surface area (Å²) in [6, 6.07) is 3.78. The number of nitrogen functional groups attached to an aromatic ring is 1. The van der Waals surface area contributed by atoms with Gasteiger partial charge in [0.1, 0.15) is 9.71 Å². The number of amides is 1. The lowest BCUT2D eigenvalue weighted by Crippen LogP contribution is -2.46. The summed E-state index contributed by atoms with van der Waals surface area (Å²) in [7, 11) is 0. The second-order valence-corrected chi connectivity index (χ2v) is 6.08. The van der Waals surface area contributed by atoms with Gasteiger partial charge in [0, 0.05) is 24.2 Å². The van der Waals surface area contributed by atoms with Crippen LogP contribution >= 0.6 is 11.3 Å². The van der Waals surface area contributed by atoms with E-state index in [2.05, 4.69) is 4.98 Å². The van der Waals surface area contributed by atoms with Crippen LogP contribution in [0.1, 0.15) is 15.4 Å². The number of ether oxygens (including phenoxy) is 1. The van der Waals surface area contributed by atoms with Crippen LogP contribution in [0.5, 0.6) is 0 Å². The number of fused-ring (bicyclic) bond motifs is 1. The Labute approximate surface area is 126 Å². The van der Waals surface area contributed by atoms with Crippen LogP contribution in [0.25, 0.3) is 10.2 Å². The highest BCUT2D eigenvalue weighted by atomic mass is 32.1. The number of pyridine rings is 1. The highest BCUT2D eigenvalue weighted by Gasteiger charge is 2.27. The van der Waals surface area contributed by atoms with Crippen molar-refractivity contribution in [3.63, 3.8) is 0 Å². The number of nitrogens with zero attached hydrogens (tertiary/aromatic N) is 2. The number of hydrogen-bond donors (Lipinski definition) is 2. The number of morpholine rings is 1. The van der Waals surface area contributed by atoms with Crippen molar-refractivity contribution in [1.29, 1.82) is 0 Å². The first-order valence-corrected chi connectivity index (χ1v) is 7.59. The van der Waals surface area contributed by atoms with Gasteiger partial charge in [0.2, 0.25) is 0 Å². The summed E-state index contributed by atoms with van der Waals surface area (Å²) in [5, 5.41) is 9.99. The van der Waals surface area contributed by atoms with Gasteiger partial charge in [0.05, 0.1) is 25.0 Å². The fourth-order valence-corrected chi connectivity index (χ4v) is 3.51. The van der Waals surface area contributed by atoms with Gasteiger partial charge in [0.15, 0.2) is 0 Å². The predicted molar refractivity (Wildman–Crippen MR) is 81.5 cm³/mol. The fourth-order valence-electron chi connectivity index (χ4n) is 2.41. The predicted octanol–water partition coefficient (Wildman–Crippen LogP) is 1.02. The third-order valence-electron chi connectivity index (χ3n) is 3.56. The Morgan fingerprint density at radius 2 is 2.43 bits per heavy atom. The molecule has 3 rings (SSSR count). The SMILES string of the molecule is Cc1ccc2c(N)c(C(=O)N3CCOC(CO)C3)sc2n1. The molecule has 7 heteroatoms. The van der Waals surface area contributed by atoms with E-state index in [1.165, 1.54) is 11.3 Å². The zero-order chi connectivity index (χ0) is 15.0. The summed E-state index contributed by atoms with van der Waals surface area (Å²) >= 11 is 1.32. The van der Waals surface area contributed by atoms with E-state index in [-0.39, 0.29) is 18.6 Å². The van der Waals surface area contributed by atoms with E-state index in [9.17, 15) is 4.79 Å². The molecule has 0 aromatic carbocycles. The number of hydrogen-bond acceptors (Lipinski definition) is 6. The van der Waals surface area contributed by atoms with Crippen molar-refractivity contribution >= 4 is 33.1 Å². The van der Waals surface area contributed by atoms with Crippen LogP contribution in [0.15, 0.2) is 12.1 Å². The van der Waals surface area contributed by atoms with E-state index in [1.54, 1.807) is 4.90 Å². The van der Waals surface area contributed by atoms with E-state index < -0.39 is 0 Å². The Balaban J connectivity index is 1.92. The number of carbonyl (C=O) groups is 1. The van der Waals surface area contributed by atoms with Crippen LogP contribution in [-0.4, -0.2) is 53.3 Å². The molecule has 0 spiro atoms. The van der Waals surface area contributed by atoms with Gasteiger partial charge in [-0.1, -0.05) is 0 Å². The van der Waals surface area contributed by atoms with Crippen molar-refractivity contribution in [1.82, 2.24) is 9.88 Å². The van der Waals surface area contributed by atoms with Crippen molar-refractivity contribution in [3.8, 4) is 0 Å². The fraction of sp³-hybridized carbons (Fsp3) is 0.429. The summed E-state index contributed by atoms with van der Waals surface area (Å²) in [4.78, 5) is 20.0. The zero-order valence-electron chi connectivity index (χ0n) is 11.7. The minimum Gasteiger partial charge on any atom is -0.397 e. The standard InChI is InChI=1S/C14H17N3O3S/c1-8-2-3-10-11(15)12(21-13(10)16-8)14(19)17-4-5-20-9(6-17)7-18/h2-3,9,18H,4-7,15H2,1H3. The third-order valence-corrected chi connectivity index (χ3v) is 4.66. The van der Waals surface area contributed by atoms with Crippen molar-refractivity contribution in [3.05, 3.63) is 22.7 Å². The molecular formula is C14H17N3O3S. The number of aliphatic hydroxyl groups excluding tert-OH is 1. The number of anilines is 1. The Morgan fingerprint density at radius 1 is 1.62 bits per heavy atom. The number of thiophene rings is 1. The maximum Gasteiger partial charge on any atom is 0.266 e. The molecule has 6 nitrogen and oxygen atoms in total. The largest absolute Gasteiger partial charge is 0.397 e. The van der Waals surface area contributed by atoms with Gasteiger partial charge in [-0.2, -0.15) is 0 Å². The van der Waals surface area contributed by atoms with Gasteiger partial charge in [-0.05, 0) is 19.1 Å². The van der Waals surface area contributed by atoms with E-state index in [4.69, 9.17) is 15.6 Å². The first-order chi connectivity index (χ1) is 10.1. The minimum absolute atomic E-state index is 0.0908. The third kappa shape index (κ3) is 2.59. The Morgan fingerprint density at radius 3 is 3.19 bits per heavy atom. The van der Waals surface area contributed by atoms with Gasteiger partial charge in [0.25, 0.3) is 5.91 Å². The first-order valence-electron chi connectivity index (χ1n) is 6.77. The lowest BCUT2D eigenvalue weighted by molar-refractivity contribution is -0.0445. The second kappa shape index (κ2) is 5.59. The highest BCUT2D eigenvalue weighted by molar-refractivity contribution is 7.21. The van der Waals surface area contributed by atoms with E-state index in [0.29, 0.717) is 30.3 Å². The Kier molecular flexibility index (Phi) is 3.79. The first kappa shape index (κ1) is 14.2. The molecule has 3 N–H and O–H groups in total. The Bertz CT molecular complexity index is 685. The van der Waals surface area contributed by atoms with Crippen LogP contribution in [0.4, 0.5) is 5.69 Å². The van der Waals surface area contributed by atoms with E-state index in [0.717, 1.165) is 15.9 Å². The molecule has 1 atom stereocenters. The summed E-state index contributed by atoms with van der Waals surface area (Å²) in [5.74, 6) is -0.116. The van der Waals surface area contributed by atoms with Crippen LogP contribution in [0, 0.1) is 6.92 Å². The van der Waals surface area contributed by atoms with Crippen LogP contribution in [0.3, 0.4) is 0 Å². The van der Waals surface area contributed by atoms with Crippen molar-refractivity contribution < 1.29 is 14.6 Å². The van der Waals surface area contributed by atoms with Crippen molar-refractivity contribution in [2.45, 2.75) is 13.0 Å². The molecule has 1 fully saturated rings. The van der Waals surface area contributed by atoms with Gasteiger partial charge in [-0.15, -0.1) is 11.3 Å². The normalized spacial score (nSPS) is 19.1. The average Bonchev–Trinajstić information content (AvgIpc) is 2.83. The van der Waals surface area contributed by atoms with Crippen LogP contribution in [-0.2, 0) is 4.74 Å². The summed E-state index contributed by atoms with van der Waals surface area (Å²) in [6.45, 7) is 3.14. The summed E-state index contributed by atoms with van der Waals surface area (Å²) in [6.07, 6.45) is -0.321. The smallest absolute Gasteiger partial charge is 0.266 e. The summed E-state index contributed by atoms with van der Waals surface area (Å²) < 4.78 is 5.36. The number of aromatic nitrogens is 1. The van der Waals surface area contributed by atoms with Crippen molar-refractivity contribution in [2.75, 3.05) is 32.0 Å². The molecule has 1 amide bonds. The minimum atomic E-state index is -0.321. The average molecular weight is 307 g/mol. The van der Waals surface area contributed by atoms with Gasteiger partial charge < -0.3 is 20.5 Å². The molecule has 21 heavy (non-hydrogen) atoms. The Hall–Kier alpha value is -1.70. The molecule has 2 aromatic rings. The topological polar surface area (TPSA) is 88.7 Å². The van der Waals surface area contributed by atoms with Gasteiger partial charge in [-0.3, -0.25) is 4.79 Å². The number of aryl methyl sites for hydroxylation is 1. The number of rotatable bonds is 2. The molecule has 1 unspecified atom stereocenters. The number of carbonyl (C=O) groups excluding carboxylic acids is 1. The molecule has 1 aliphatic heterocycles. The maximum atomic E-state index is 12.6. The quantitative estimate of drug-likeness (QED) is 0.865. The number of aliphatic hydroxyl groups is 1. The lowest BCUT2D eigenvalue weighted by Gasteiger charge is -2.31. The lowest BCUT2D eigenvalue weighted by atomic mass is 10.2. The molecule has 0 saturated carbocycles. The highest BCUT2D eigenvalue weighted by Crippen LogP contribution is 2.33. The second-order valence-electron chi connectivity index (χ2n) is 5.08. The zero-order valence-corrected chi connectivity index (χ0v) is 12.5. The molecule has 2 aromatic heterocycles. The van der Waals surface area contributed by atoms with Crippen LogP contribution < -0.4 is 5.73 Å². The molecular weight excluding hydrogens is 290 g/mol. The molecule has 1 saturated heterocycles. The van der Waals surface area contributed by atoms with Crippen LogP contribution in [0.2, 0.25) is 0 Å². The monoisotopic (exact) mass is 307 g/mol. The van der Waals surface area contributed by atoms with Crippen molar-refractivity contribution in [2.24, 2.45) is 0 Å². The van der Waals surface area contributed by atoms with E-state index in [1.807, 2.05) is 19.1 Å². The molecule has 3 heterocycles. The van der Waals surface area contributed by atoms with E-state index >= 15 is 0 Å².